The Labute approximate surface area is 225 Å². The predicted molar refractivity (Wildman–Crippen MR) is 148 cm³/mol. The maximum absolute atomic E-state index is 15.1. The maximum Gasteiger partial charge on any atom is 0.201 e. The third-order valence-corrected chi connectivity index (χ3v) is 7.50. The molecule has 1 aliphatic heterocycles. The van der Waals surface area contributed by atoms with Crippen LogP contribution in [-0.4, -0.2) is 19.3 Å². The fourth-order valence-electron chi connectivity index (χ4n) is 5.23. The predicted octanol–water partition coefficient (Wildman–Crippen LogP) is 9.85. The van der Waals surface area contributed by atoms with Crippen LogP contribution in [0.2, 0.25) is 0 Å². The van der Waals surface area contributed by atoms with Gasteiger partial charge in [-0.15, -0.1) is 0 Å². The second kappa shape index (κ2) is 13.8. The van der Waals surface area contributed by atoms with Gasteiger partial charge < -0.3 is 9.47 Å². The summed E-state index contributed by atoms with van der Waals surface area (Å²) in [5, 5.41) is 0. The summed E-state index contributed by atoms with van der Waals surface area (Å²) in [7, 11) is 0. The van der Waals surface area contributed by atoms with Gasteiger partial charge in [-0.3, -0.25) is 0 Å². The molecule has 1 fully saturated rings. The van der Waals surface area contributed by atoms with Gasteiger partial charge in [0.15, 0.2) is 11.6 Å². The molecule has 0 saturated carbocycles. The van der Waals surface area contributed by atoms with Gasteiger partial charge in [-0.25, -0.2) is 8.78 Å². The van der Waals surface area contributed by atoms with Gasteiger partial charge in [0.25, 0.3) is 0 Å². The summed E-state index contributed by atoms with van der Waals surface area (Å²) in [6.45, 7) is 5.23. The summed E-state index contributed by atoms with van der Waals surface area (Å²) in [4.78, 5) is 0. The van der Waals surface area contributed by atoms with E-state index in [4.69, 9.17) is 9.47 Å². The van der Waals surface area contributed by atoms with Gasteiger partial charge in [-0.1, -0.05) is 82.3 Å². The number of benzene rings is 3. The molecule has 5 heteroatoms. The summed E-state index contributed by atoms with van der Waals surface area (Å²) in [6.07, 6.45) is 9.62. The van der Waals surface area contributed by atoms with Crippen LogP contribution in [0.4, 0.5) is 13.2 Å². The van der Waals surface area contributed by atoms with Crippen LogP contribution in [0, 0.1) is 17.5 Å². The summed E-state index contributed by atoms with van der Waals surface area (Å²) >= 11 is 0. The minimum absolute atomic E-state index is 0.0572. The third kappa shape index (κ3) is 6.99. The second-order valence-electron chi connectivity index (χ2n) is 10.3. The zero-order valence-electron chi connectivity index (χ0n) is 22.6. The Hall–Kier alpha value is -2.79. The van der Waals surface area contributed by atoms with E-state index in [1.54, 1.807) is 36.4 Å². The topological polar surface area (TPSA) is 18.5 Å². The largest absolute Gasteiger partial charge is 0.490 e. The van der Waals surface area contributed by atoms with Crippen LogP contribution in [0.1, 0.15) is 83.1 Å². The minimum atomic E-state index is -0.967. The average molecular weight is 525 g/mol. The van der Waals surface area contributed by atoms with Crippen molar-refractivity contribution in [1.82, 2.24) is 0 Å². The summed E-state index contributed by atoms with van der Waals surface area (Å²) in [5.74, 6) is -2.11. The highest BCUT2D eigenvalue weighted by Crippen LogP contribution is 2.35. The molecule has 2 atom stereocenters. The Kier molecular flexibility index (Phi) is 10.3. The standard InChI is InChI=1S/C33H39F3O2/c1-3-5-6-7-8-20-37-31-19-18-29(32(35)33(31)36)24-12-10-23(11-13-24)25-15-17-28(30(34)21-25)26-14-16-27(9-4-2)38-22-26/h10-13,15,17-19,21,26-27H,3-9,14,16,20,22H2,1-2H3. The summed E-state index contributed by atoms with van der Waals surface area (Å²) in [5.41, 5.74) is 2.97. The lowest BCUT2D eigenvalue weighted by Crippen LogP contribution is -2.25. The van der Waals surface area contributed by atoms with Crippen molar-refractivity contribution in [2.75, 3.05) is 13.2 Å². The van der Waals surface area contributed by atoms with Crippen LogP contribution < -0.4 is 4.74 Å². The van der Waals surface area contributed by atoms with Crippen LogP contribution in [-0.2, 0) is 4.74 Å². The highest BCUT2D eigenvalue weighted by molar-refractivity contribution is 5.71. The lowest BCUT2D eigenvalue weighted by molar-refractivity contribution is -0.00172. The van der Waals surface area contributed by atoms with Gasteiger partial charge in [0.05, 0.1) is 19.3 Å². The molecule has 0 amide bonds. The van der Waals surface area contributed by atoms with Crippen molar-refractivity contribution in [1.29, 1.82) is 0 Å². The van der Waals surface area contributed by atoms with Crippen LogP contribution >= 0.6 is 0 Å². The lowest BCUT2D eigenvalue weighted by Gasteiger charge is -2.29. The smallest absolute Gasteiger partial charge is 0.201 e. The first kappa shape index (κ1) is 28.2. The molecule has 204 valence electrons. The van der Waals surface area contributed by atoms with Crippen molar-refractivity contribution >= 4 is 0 Å². The molecule has 1 saturated heterocycles. The molecule has 0 bridgehead atoms. The second-order valence-corrected chi connectivity index (χ2v) is 10.3. The normalized spacial score (nSPS) is 17.5. The van der Waals surface area contributed by atoms with Gasteiger partial charge in [0.1, 0.15) is 5.82 Å². The van der Waals surface area contributed by atoms with Crippen molar-refractivity contribution in [3.8, 4) is 28.0 Å². The van der Waals surface area contributed by atoms with Crippen LogP contribution in [0.5, 0.6) is 5.75 Å². The van der Waals surface area contributed by atoms with Crippen molar-refractivity contribution < 1.29 is 22.6 Å². The Morgan fingerprint density at radius 1 is 0.763 bits per heavy atom. The molecule has 3 aromatic carbocycles. The van der Waals surface area contributed by atoms with E-state index in [1.165, 1.54) is 12.5 Å². The van der Waals surface area contributed by atoms with E-state index >= 15 is 4.39 Å². The molecule has 0 aliphatic carbocycles. The molecule has 2 unspecified atom stereocenters. The fourth-order valence-corrected chi connectivity index (χ4v) is 5.23. The monoisotopic (exact) mass is 524 g/mol. The molecular weight excluding hydrogens is 485 g/mol. The van der Waals surface area contributed by atoms with Gasteiger partial charge in [-0.05, 0) is 66.1 Å². The van der Waals surface area contributed by atoms with Crippen LogP contribution in [0.15, 0.2) is 54.6 Å². The van der Waals surface area contributed by atoms with E-state index in [0.29, 0.717) is 30.4 Å². The van der Waals surface area contributed by atoms with E-state index in [2.05, 4.69) is 13.8 Å². The maximum atomic E-state index is 15.1. The van der Waals surface area contributed by atoms with Gasteiger partial charge in [-0.2, -0.15) is 4.39 Å². The summed E-state index contributed by atoms with van der Waals surface area (Å²) in [6, 6.07) is 15.4. The Balaban J connectivity index is 1.40. The molecule has 4 rings (SSSR count). The van der Waals surface area contributed by atoms with Crippen molar-refractivity contribution in [2.45, 2.75) is 83.7 Å². The number of unbranched alkanes of at least 4 members (excludes halogenated alkanes) is 4. The molecule has 1 aliphatic rings. The molecule has 3 aromatic rings. The molecule has 2 nitrogen and oxygen atoms in total. The van der Waals surface area contributed by atoms with Crippen molar-refractivity contribution in [2.24, 2.45) is 0 Å². The molecule has 38 heavy (non-hydrogen) atoms. The van der Waals surface area contributed by atoms with Crippen molar-refractivity contribution in [3.63, 3.8) is 0 Å². The highest BCUT2D eigenvalue weighted by Gasteiger charge is 2.24. The molecule has 1 heterocycles. The zero-order valence-corrected chi connectivity index (χ0v) is 22.6. The lowest BCUT2D eigenvalue weighted by atomic mass is 9.89. The third-order valence-electron chi connectivity index (χ3n) is 7.50. The van der Waals surface area contributed by atoms with Gasteiger partial charge in [0, 0.05) is 11.5 Å². The van der Waals surface area contributed by atoms with Crippen LogP contribution in [0.3, 0.4) is 0 Å². The number of hydrogen-bond donors (Lipinski definition) is 0. The Morgan fingerprint density at radius 3 is 2.18 bits per heavy atom. The van der Waals surface area contributed by atoms with Crippen molar-refractivity contribution in [3.05, 3.63) is 77.6 Å². The molecule has 0 radical (unpaired) electrons. The molecule has 0 aromatic heterocycles. The first-order valence-electron chi connectivity index (χ1n) is 14.1. The average Bonchev–Trinajstić information content (AvgIpc) is 2.94. The quantitative estimate of drug-likeness (QED) is 0.220. The zero-order chi connectivity index (χ0) is 26.9. The number of ether oxygens (including phenoxy) is 2. The van der Waals surface area contributed by atoms with E-state index < -0.39 is 11.6 Å². The Morgan fingerprint density at radius 2 is 1.50 bits per heavy atom. The van der Waals surface area contributed by atoms with E-state index in [-0.39, 0.29) is 23.0 Å². The van der Waals surface area contributed by atoms with Gasteiger partial charge in [0.2, 0.25) is 5.82 Å². The van der Waals surface area contributed by atoms with E-state index in [9.17, 15) is 8.78 Å². The number of rotatable bonds is 12. The summed E-state index contributed by atoms with van der Waals surface area (Å²) < 4.78 is 56.0. The minimum Gasteiger partial charge on any atom is -0.490 e. The molecular formula is C33H39F3O2. The van der Waals surface area contributed by atoms with Gasteiger partial charge >= 0.3 is 0 Å². The first-order valence-corrected chi connectivity index (χ1v) is 14.1. The first-order chi connectivity index (χ1) is 18.5. The van der Waals surface area contributed by atoms with Crippen LogP contribution in [0.25, 0.3) is 22.3 Å². The number of hydrogen-bond acceptors (Lipinski definition) is 2. The molecule has 0 spiro atoms. The Bertz CT molecular complexity index is 1170. The van der Waals surface area contributed by atoms with E-state index in [0.717, 1.165) is 62.5 Å². The number of halogens is 3. The molecule has 0 N–H and O–H groups in total. The highest BCUT2D eigenvalue weighted by atomic mass is 19.2. The van der Waals surface area contributed by atoms with E-state index in [1.807, 2.05) is 12.1 Å². The fraction of sp³-hybridized carbons (Fsp3) is 0.455. The SMILES string of the molecule is CCCCCCCOc1ccc(-c2ccc(-c3ccc(C4CCC(CCC)OC4)c(F)c3)cc2)c(F)c1F.